The molecule has 1 saturated carbocycles. The summed E-state index contributed by atoms with van der Waals surface area (Å²) >= 11 is 0. The molecular formula is C13H22N2O. The van der Waals surface area contributed by atoms with Gasteiger partial charge in [0.25, 0.3) is 0 Å². The first-order valence-electron chi connectivity index (χ1n) is 6.19. The summed E-state index contributed by atoms with van der Waals surface area (Å²) in [6.07, 6.45) is 5.84. The topological polar surface area (TPSA) is 26.2 Å². The molecule has 1 aliphatic rings. The van der Waals surface area contributed by atoms with Crippen LogP contribution in [-0.2, 0) is 17.8 Å². The van der Waals surface area contributed by atoms with Crippen molar-refractivity contribution in [3.8, 4) is 0 Å². The van der Waals surface area contributed by atoms with Gasteiger partial charge in [-0.05, 0) is 38.3 Å². The van der Waals surface area contributed by atoms with Crippen LogP contribution in [0.5, 0.6) is 0 Å². The van der Waals surface area contributed by atoms with Gasteiger partial charge in [0.1, 0.15) is 0 Å². The van der Waals surface area contributed by atoms with E-state index in [1.165, 1.54) is 25.0 Å². The number of rotatable bonds is 6. The number of nitrogens with zero attached hydrogens (tertiary/aromatic N) is 1. The minimum atomic E-state index is 0.129. The van der Waals surface area contributed by atoms with E-state index in [0.717, 1.165) is 19.6 Å². The number of hydrogen-bond acceptors (Lipinski definition) is 2. The van der Waals surface area contributed by atoms with Gasteiger partial charge in [-0.2, -0.15) is 0 Å². The normalized spacial score (nSPS) is 18.4. The molecule has 1 aliphatic carbocycles. The van der Waals surface area contributed by atoms with E-state index in [2.05, 4.69) is 35.1 Å². The van der Waals surface area contributed by atoms with Gasteiger partial charge in [-0.15, -0.1) is 0 Å². The molecule has 0 aromatic carbocycles. The van der Waals surface area contributed by atoms with Crippen LogP contribution >= 0.6 is 0 Å². The Balaban J connectivity index is 1.79. The van der Waals surface area contributed by atoms with Gasteiger partial charge < -0.3 is 14.6 Å². The molecule has 0 amide bonds. The number of methoxy groups -OCH3 is 1. The Labute approximate surface area is 97.8 Å². The summed E-state index contributed by atoms with van der Waals surface area (Å²) in [5, 5.41) is 3.51. The lowest BCUT2D eigenvalue weighted by Gasteiger charge is -2.40. The Kier molecular flexibility index (Phi) is 3.66. The van der Waals surface area contributed by atoms with E-state index in [0.29, 0.717) is 0 Å². The fourth-order valence-corrected chi connectivity index (χ4v) is 2.36. The Morgan fingerprint density at radius 1 is 1.50 bits per heavy atom. The molecule has 16 heavy (non-hydrogen) atoms. The zero-order chi connectivity index (χ0) is 11.4. The van der Waals surface area contributed by atoms with Crippen LogP contribution < -0.4 is 5.32 Å². The fourth-order valence-electron chi connectivity index (χ4n) is 2.36. The molecule has 0 unspecified atom stereocenters. The number of hydrogen-bond donors (Lipinski definition) is 1. The van der Waals surface area contributed by atoms with Crippen molar-refractivity contribution in [3.05, 3.63) is 24.0 Å². The molecule has 90 valence electrons. The standard InChI is InChI=1S/C13H22N2O/c1-3-15-9-4-6-12(15)10-14-11-13(16-2)7-5-8-13/h4,6,9,14H,3,5,7-8,10-11H2,1-2H3. The maximum atomic E-state index is 5.58. The average Bonchev–Trinajstić information content (AvgIpc) is 2.69. The zero-order valence-electron chi connectivity index (χ0n) is 10.3. The highest BCUT2D eigenvalue weighted by Crippen LogP contribution is 2.34. The molecule has 0 radical (unpaired) electrons. The lowest BCUT2D eigenvalue weighted by atomic mass is 9.80. The predicted octanol–water partition coefficient (Wildman–Crippen LogP) is 2.17. The third kappa shape index (κ3) is 2.30. The van der Waals surface area contributed by atoms with E-state index >= 15 is 0 Å². The van der Waals surface area contributed by atoms with Crippen molar-refractivity contribution in [1.29, 1.82) is 0 Å². The summed E-state index contributed by atoms with van der Waals surface area (Å²) in [6, 6.07) is 4.28. The third-order valence-corrected chi connectivity index (χ3v) is 3.72. The minimum Gasteiger partial charge on any atom is -0.377 e. The van der Waals surface area contributed by atoms with Crippen LogP contribution in [0.4, 0.5) is 0 Å². The molecule has 1 heterocycles. The zero-order valence-corrected chi connectivity index (χ0v) is 10.3. The van der Waals surface area contributed by atoms with Crippen LogP contribution in [0, 0.1) is 0 Å². The predicted molar refractivity (Wildman–Crippen MR) is 65.4 cm³/mol. The lowest BCUT2D eigenvalue weighted by molar-refractivity contribution is -0.0696. The molecule has 0 atom stereocenters. The molecule has 3 heteroatoms. The molecule has 1 aromatic rings. The van der Waals surface area contributed by atoms with Gasteiger partial charge in [0.15, 0.2) is 0 Å². The Bertz CT molecular complexity index is 323. The van der Waals surface area contributed by atoms with Crippen LogP contribution in [0.2, 0.25) is 0 Å². The van der Waals surface area contributed by atoms with Crippen LogP contribution in [-0.4, -0.2) is 23.8 Å². The van der Waals surface area contributed by atoms with E-state index in [1.54, 1.807) is 0 Å². The van der Waals surface area contributed by atoms with Crippen molar-refractivity contribution in [2.75, 3.05) is 13.7 Å². The van der Waals surface area contributed by atoms with Gasteiger partial charge in [-0.1, -0.05) is 0 Å². The number of ether oxygens (including phenoxy) is 1. The second kappa shape index (κ2) is 5.02. The first-order chi connectivity index (χ1) is 7.79. The summed E-state index contributed by atoms with van der Waals surface area (Å²) in [5.74, 6) is 0. The first-order valence-corrected chi connectivity index (χ1v) is 6.19. The molecular weight excluding hydrogens is 200 g/mol. The van der Waals surface area contributed by atoms with Gasteiger partial charge in [0.05, 0.1) is 5.60 Å². The van der Waals surface area contributed by atoms with Crippen molar-refractivity contribution in [2.24, 2.45) is 0 Å². The van der Waals surface area contributed by atoms with Gasteiger partial charge in [-0.3, -0.25) is 0 Å². The highest BCUT2D eigenvalue weighted by molar-refractivity contribution is 5.07. The second-order valence-corrected chi connectivity index (χ2v) is 4.63. The molecule has 0 spiro atoms. The highest BCUT2D eigenvalue weighted by Gasteiger charge is 2.36. The SMILES string of the molecule is CCn1cccc1CNCC1(OC)CCC1. The Morgan fingerprint density at radius 2 is 2.31 bits per heavy atom. The third-order valence-electron chi connectivity index (χ3n) is 3.72. The van der Waals surface area contributed by atoms with Crippen LogP contribution in [0.1, 0.15) is 31.9 Å². The monoisotopic (exact) mass is 222 g/mol. The molecule has 1 aromatic heterocycles. The maximum absolute atomic E-state index is 5.58. The van der Waals surface area contributed by atoms with Crippen molar-refractivity contribution < 1.29 is 4.74 Å². The lowest BCUT2D eigenvalue weighted by Crippen LogP contribution is -2.47. The van der Waals surface area contributed by atoms with Crippen LogP contribution in [0.3, 0.4) is 0 Å². The molecule has 1 N–H and O–H groups in total. The fraction of sp³-hybridized carbons (Fsp3) is 0.692. The van der Waals surface area contributed by atoms with E-state index in [9.17, 15) is 0 Å². The number of aryl methyl sites for hydroxylation is 1. The van der Waals surface area contributed by atoms with E-state index in [-0.39, 0.29) is 5.60 Å². The van der Waals surface area contributed by atoms with Crippen molar-refractivity contribution >= 4 is 0 Å². The Morgan fingerprint density at radius 3 is 2.88 bits per heavy atom. The largest absolute Gasteiger partial charge is 0.377 e. The van der Waals surface area contributed by atoms with Crippen molar-refractivity contribution in [3.63, 3.8) is 0 Å². The van der Waals surface area contributed by atoms with Gasteiger partial charge >= 0.3 is 0 Å². The van der Waals surface area contributed by atoms with E-state index in [1.807, 2.05) is 7.11 Å². The van der Waals surface area contributed by atoms with Gasteiger partial charge in [-0.25, -0.2) is 0 Å². The quantitative estimate of drug-likeness (QED) is 0.798. The van der Waals surface area contributed by atoms with E-state index < -0.39 is 0 Å². The molecule has 0 aliphatic heterocycles. The van der Waals surface area contributed by atoms with Gasteiger partial charge in [0.2, 0.25) is 0 Å². The van der Waals surface area contributed by atoms with Crippen LogP contribution in [0.15, 0.2) is 18.3 Å². The summed E-state index contributed by atoms with van der Waals surface area (Å²) in [4.78, 5) is 0. The van der Waals surface area contributed by atoms with Crippen LogP contribution in [0.25, 0.3) is 0 Å². The first kappa shape index (κ1) is 11.7. The molecule has 3 nitrogen and oxygen atoms in total. The summed E-state index contributed by atoms with van der Waals surface area (Å²) in [5.41, 5.74) is 1.48. The molecule has 2 rings (SSSR count). The highest BCUT2D eigenvalue weighted by atomic mass is 16.5. The molecule has 1 fully saturated rings. The molecule has 0 saturated heterocycles. The average molecular weight is 222 g/mol. The summed E-state index contributed by atoms with van der Waals surface area (Å²) < 4.78 is 7.85. The molecule has 0 bridgehead atoms. The Hall–Kier alpha value is -0.800. The summed E-state index contributed by atoms with van der Waals surface area (Å²) in [7, 11) is 1.83. The maximum Gasteiger partial charge on any atom is 0.0802 e. The summed E-state index contributed by atoms with van der Waals surface area (Å²) in [6.45, 7) is 5.12. The second-order valence-electron chi connectivity index (χ2n) is 4.63. The van der Waals surface area contributed by atoms with Gasteiger partial charge in [0, 0.05) is 38.6 Å². The van der Waals surface area contributed by atoms with Crippen molar-refractivity contribution in [2.45, 2.75) is 44.9 Å². The number of aromatic nitrogens is 1. The minimum absolute atomic E-state index is 0.129. The smallest absolute Gasteiger partial charge is 0.0802 e. The van der Waals surface area contributed by atoms with Crippen molar-refractivity contribution in [1.82, 2.24) is 9.88 Å². The number of nitrogens with one attached hydrogen (secondary N) is 1. The van der Waals surface area contributed by atoms with E-state index in [4.69, 9.17) is 4.74 Å².